The van der Waals surface area contributed by atoms with Crippen LogP contribution in [0.25, 0.3) is 21.9 Å². The number of ether oxygens (including phenoxy) is 2. The third-order valence-electron chi connectivity index (χ3n) is 7.73. The van der Waals surface area contributed by atoms with E-state index in [1.165, 1.54) is 0 Å². The number of benzene rings is 2. The Morgan fingerprint density at radius 2 is 1.95 bits per heavy atom. The third-order valence-corrected chi connectivity index (χ3v) is 7.73. The summed E-state index contributed by atoms with van der Waals surface area (Å²) in [6.07, 6.45) is 5.31. The maximum atomic E-state index is 12.5. The quantitative estimate of drug-likeness (QED) is 0.314. The lowest BCUT2D eigenvalue weighted by molar-refractivity contribution is -0.141. The Kier molecular flexibility index (Phi) is 7.70. The number of esters is 1. The standard InChI is InChI=1S/C29H34N8O4/c1-2-40-25(38)16-30-29(39)36-13-11-35(12-14-36)21-9-8-20-5-3-7-24(23(20)15-21)41-17-22-6-4-10-37(22)28-26-27(32-18-31-26)33-19-34-28/h3,5,7-9,15,18-19,22H,2,4,6,10-14,16-17H2,1H3,(H,30,39)(H,31,32,33,34)/t22-/m1/s1. The zero-order valence-corrected chi connectivity index (χ0v) is 23.1. The van der Waals surface area contributed by atoms with E-state index in [1.807, 2.05) is 12.1 Å². The molecule has 41 heavy (non-hydrogen) atoms. The molecule has 2 amide bonds. The van der Waals surface area contributed by atoms with Crippen molar-refractivity contribution in [1.29, 1.82) is 0 Å². The second-order valence-corrected chi connectivity index (χ2v) is 10.2. The molecule has 2 fully saturated rings. The molecule has 0 radical (unpaired) electrons. The van der Waals surface area contributed by atoms with Gasteiger partial charge in [0, 0.05) is 43.8 Å². The van der Waals surface area contributed by atoms with Gasteiger partial charge in [-0.05, 0) is 43.4 Å². The fraction of sp³-hybridized carbons (Fsp3) is 0.414. The van der Waals surface area contributed by atoms with Crippen molar-refractivity contribution in [3.05, 3.63) is 49.1 Å². The number of aromatic nitrogens is 4. The number of amides is 2. The Labute approximate surface area is 237 Å². The summed E-state index contributed by atoms with van der Waals surface area (Å²) in [7, 11) is 0. The number of nitrogens with one attached hydrogen (secondary N) is 2. The second kappa shape index (κ2) is 11.9. The number of rotatable bonds is 8. The van der Waals surface area contributed by atoms with Gasteiger partial charge in [-0.15, -0.1) is 0 Å². The van der Waals surface area contributed by atoms with Gasteiger partial charge in [0.05, 0.1) is 19.0 Å². The number of hydrogen-bond acceptors (Lipinski definition) is 9. The van der Waals surface area contributed by atoms with Crippen molar-refractivity contribution >= 4 is 45.4 Å². The number of H-pyrrole nitrogens is 1. The minimum atomic E-state index is -0.432. The number of urea groups is 1. The number of fused-ring (bicyclic) bond motifs is 2. The highest BCUT2D eigenvalue weighted by molar-refractivity contribution is 5.91. The highest BCUT2D eigenvalue weighted by atomic mass is 16.5. The van der Waals surface area contributed by atoms with Gasteiger partial charge in [-0.25, -0.2) is 19.7 Å². The van der Waals surface area contributed by atoms with Gasteiger partial charge in [-0.3, -0.25) is 4.79 Å². The van der Waals surface area contributed by atoms with Crippen LogP contribution in [0.1, 0.15) is 19.8 Å². The molecule has 0 saturated carbocycles. The number of hydrogen-bond donors (Lipinski definition) is 2. The summed E-state index contributed by atoms with van der Waals surface area (Å²) in [5.74, 6) is 1.26. The minimum absolute atomic E-state index is 0.120. The first kappa shape index (κ1) is 26.6. The lowest BCUT2D eigenvalue weighted by atomic mass is 10.1. The lowest BCUT2D eigenvalue weighted by Gasteiger charge is -2.36. The van der Waals surface area contributed by atoms with Crippen LogP contribution in [0.15, 0.2) is 49.1 Å². The molecule has 0 aliphatic carbocycles. The Balaban J connectivity index is 1.11. The van der Waals surface area contributed by atoms with Crippen molar-refractivity contribution in [3.63, 3.8) is 0 Å². The van der Waals surface area contributed by atoms with Crippen molar-refractivity contribution in [3.8, 4) is 5.75 Å². The molecular formula is C29H34N8O4. The van der Waals surface area contributed by atoms with Gasteiger partial charge in [-0.1, -0.05) is 18.2 Å². The lowest BCUT2D eigenvalue weighted by Crippen LogP contribution is -2.52. The van der Waals surface area contributed by atoms with E-state index >= 15 is 0 Å². The largest absolute Gasteiger partial charge is 0.491 e. The third kappa shape index (κ3) is 5.67. The summed E-state index contributed by atoms with van der Waals surface area (Å²) in [5, 5.41) is 4.81. The maximum Gasteiger partial charge on any atom is 0.325 e. The molecule has 2 saturated heterocycles. The molecule has 2 aliphatic rings. The van der Waals surface area contributed by atoms with Crippen LogP contribution in [0.3, 0.4) is 0 Å². The summed E-state index contributed by atoms with van der Waals surface area (Å²) in [6.45, 7) is 5.87. The summed E-state index contributed by atoms with van der Waals surface area (Å²) in [5.41, 5.74) is 2.61. The number of anilines is 2. The zero-order valence-electron chi connectivity index (χ0n) is 23.1. The molecule has 2 aliphatic heterocycles. The van der Waals surface area contributed by atoms with Gasteiger partial charge in [-0.2, -0.15) is 0 Å². The van der Waals surface area contributed by atoms with Crippen LogP contribution in [0, 0.1) is 0 Å². The first-order valence-electron chi connectivity index (χ1n) is 14.1. The Morgan fingerprint density at radius 3 is 2.80 bits per heavy atom. The monoisotopic (exact) mass is 558 g/mol. The van der Waals surface area contributed by atoms with Gasteiger partial charge in [0.15, 0.2) is 11.5 Å². The smallest absolute Gasteiger partial charge is 0.325 e. The number of carbonyl (C=O) groups is 2. The SMILES string of the molecule is CCOC(=O)CNC(=O)N1CCN(c2ccc3cccc(OC[C@H]4CCCN4c4ncnc5[nH]cnc45)c3c2)CC1. The number of nitrogens with zero attached hydrogens (tertiary/aromatic N) is 6. The molecule has 4 aromatic rings. The van der Waals surface area contributed by atoms with E-state index < -0.39 is 5.97 Å². The molecular weight excluding hydrogens is 524 g/mol. The average molecular weight is 559 g/mol. The Bertz CT molecular complexity index is 1530. The van der Waals surface area contributed by atoms with Crippen LogP contribution in [0.5, 0.6) is 5.75 Å². The molecule has 2 N–H and O–H groups in total. The fourth-order valence-electron chi connectivity index (χ4n) is 5.63. The number of aromatic amines is 1. The van der Waals surface area contributed by atoms with E-state index in [9.17, 15) is 9.59 Å². The van der Waals surface area contributed by atoms with Crippen molar-refractivity contribution in [1.82, 2.24) is 30.2 Å². The van der Waals surface area contributed by atoms with Crippen LogP contribution in [0.2, 0.25) is 0 Å². The van der Waals surface area contributed by atoms with Crippen LogP contribution < -0.4 is 19.9 Å². The van der Waals surface area contributed by atoms with Crippen molar-refractivity contribution in [2.75, 3.05) is 62.3 Å². The van der Waals surface area contributed by atoms with Crippen LogP contribution in [0.4, 0.5) is 16.3 Å². The van der Waals surface area contributed by atoms with Crippen LogP contribution in [-0.2, 0) is 9.53 Å². The van der Waals surface area contributed by atoms with E-state index in [0.29, 0.717) is 39.4 Å². The van der Waals surface area contributed by atoms with E-state index in [0.717, 1.165) is 58.6 Å². The predicted octanol–water partition coefficient (Wildman–Crippen LogP) is 2.95. The first-order chi connectivity index (χ1) is 20.1. The molecule has 214 valence electrons. The Hall–Kier alpha value is -4.61. The van der Waals surface area contributed by atoms with Gasteiger partial charge >= 0.3 is 12.0 Å². The topological polar surface area (TPSA) is 129 Å². The first-order valence-corrected chi connectivity index (χ1v) is 14.1. The van der Waals surface area contributed by atoms with Gasteiger partial charge in [0.2, 0.25) is 0 Å². The Morgan fingerprint density at radius 1 is 1.07 bits per heavy atom. The molecule has 2 aromatic carbocycles. The maximum absolute atomic E-state index is 12.5. The molecule has 0 bridgehead atoms. The molecule has 6 rings (SSSR count). The number of carbonyl (C=O) groups excluding carboxylic acids is 2. The normalized spacial score (nSPS) is 17.3. The van der Waals surface area contributed by atoms with Gasteiger partial charge < -0.3 is 34.5 Å². The highest BCUT2D eigenvalue weighted by Gasteiger charge is 2.29. The molecule has 12 heteroatoms. The van der Waals surface area contributed by atoms with E-state index in [4.69, 9.17) is 9.47 Å². The molecule has 0 unspecified atom stereocenters. The summed E-state index contributed by atoms with van der Waals surface area (Å²) >= 11 is 0. The van der Waals surface area contributed by atoms with E-state index in [2.05, 4.69) is 59.3 Å². The number of imidazole rings is 1. The van der Waals surface area contributed by atoms with E-state index in [-0.39, 0.29) is 18.6 Å². The molecule has 12 nitrogen and oxygen atoms in total. The average Bonchev–Trinajstić information content (AvgIpc) is 3.68. The summed E-state index contributed by atoms with van der Waals surface area (Å²) in [4.78, 5) is 46.6. The molecule has 1 atom stereocenters. The van der Waals surface area contributed by atoms with E-state index in [1.54, 1.807) is 24.5 Å². The summed E-state index contributed by atoms with van der Waals surface area (Å²) in [6, 6.07) is 12.5. The van der Waals surface area contributed by atoms with Gasteiger partial charge in [0.25, 0.3) is 0 Å². The van der Waals surface area contributed by atoms with Crippen LogP contribution >= 0.6 is 0 Å². The minimum Gasteiger partial charge on any atom is -0.491 e. The number of piperazine rings is 1. The fourth-order valence-corrected chi connectivity index (χ4v) is 5.63. The summed E-state index contributed by atoms with van der Waals surface area (Å²) < 4.78 is 11.4. The molecule has 0 spiro atoms. The zero-order chi connectivity index (χ0) is 28.2. The second-order valence-electron chi connectivity index (χ2n) is 10.2. The predicted molar refractivity (Wildman–Crippen MR) is 155 cm³/mol. The van der Waals surface area contributed by atoms with Crippen molar-refractivity contribution < 1.29 is 19.1 Å². The highest BCUT2D eigenvalue weighted by Crippen LogP contribution is 2.32. The van der Waals surface area contributed by atoms with Crippen LogP contribution in [-0.4, -0.2) is 95.4 Å². The molecule has 4 heterocycles. The molecule has 2 aromatic heterocycles. The van der Waals surface area contributed by atoms with Gasteiger partial charge in [0.1, 0.15) is 30.7 Å². The van der Waals surface area contributed by atoms with Crippen molar-refractivity contribution in [2.45, 2.75) is 25.8 Å². The van der Waals surface area contributed by atoms with Crippen molar-refractivity contribution in [2.24, 2.45) is 0 Å².